The lowest BCUT2D eigenvalue weighted by atomic mass is 9.49. The minimum atomic E-state index is -0.288. The lowest BCUT2D eigenvalue weighted by Crippen LogP contribution is -2.57. The van der Waals surface area contributed by atoms with E-state index in [-0.39, 0.29) is 29.9 Å². The summed E-state index contributed by atoms with van der Waals surface area (Å²) in [5, 5.41) is 11.8. The van der Waals surface area contributed by atoms with Crippen molar-refractivity contribution < 1.29 is 14.7 Å². The van der Waals surface area contributed by atoms with E-state index in [1.807, 2.05) is 4.90 Å². The molecule has 0 aromatic carbocycles. The molecule has 5 fully saturated rings. The first-order chi connectivity index (χ1) is 11.6. The van der Waals surface area contributed by atoms with Crippen molar-refractivity contribution in [2.75, 3.05) is 19.7 Å². The standard InChI is InChI=1S/C19H30N2O3/c22-6-2-4-20-17(23)16-3-1-5-21(16)18(24)19-10-13-7-14(11-19)9-15(8-13)12-19/h13-16,22H,1-12H2,(H,20,23). The van der Waals surface area contributed by atoms with Crippen molar-refractivity contribution in [2.45, 2.75) is 63.8 Å². The number of amides is 2. The van der Waals surface area contributed by atoms with Crippen LogP contribution in [0.3, 0.4) is 0 Å². The summed E-state index contributed by atoms with van der Waals surface area (Å²) in [7, 11) is 0. The zero-order valence-corrected chi connectivity index (χ0v) is 14.5. The first kappa shape index (κ1) is 16.4. The van der Waals surface area contributed by atoms with E-state index in [9.17, 15) is 9.59 Å². The number of likely N-dealkylation sites (tertiary alicyclic amines) is 1. The minimum absolute atomic E-state index is 0.0287. The number of aliphatic hydroxyl groups is 1. The molecular formula is C19H30N2O3. The molecule has 2 N–H and O–H groups in total. The van der Waals surface area contributed by atoms with Gasteiger partial charge in [0, 0.05) is 19.7 Å². The van der Waals surface area contributed by atoms with Gasteiger partial charge in [0.05, 0.1) is 5.41 Å². The minimum Gasteiger partial charge on any atom is -0.396 e. The Morgan fingerprint density at radius 3 is 2.29 bits per heavy atom. The number of carbonyl (C=O) groups excluding carboxylic acids is 2. The summed E-state index contributed by atoms with van der Waals surface area (Å²) in [4.78, 5) is 27.8. The van der Waals surface area contributed by atoms with Crippen molar-refractivity contribution in [3.63, 3.8) is 0 Å². The van der Waals surface area contributed by atoms with Crippen LogP contribution in [0.1, 0.15) is 57.8 Å². The van der Waals surface area contributed by atoms with Gasteiger partial charge in [-0.25, -0.2) is 0 Å². The summed E-state index contributed by atoms with van der Waals surface area (Å²) >= 11 is 0. The summed E-state index contributed by atoms with van der Waals surface area (Å²) < 4.78 is 0. The molecule has 1 saturated heterocycles. The highest BCUT2D eigenvalue weighted by Gasteiger charge is 2.56. The van der Waals surface area contributed by atoms with Gasteiger partial charge in [-0.15, -0.1) is 0 Å². The maximum absolute atomic E-state index is 13.4. The van der Waals surface area contributed by atoms with Gasteiger partial charge in [0.25, 0.3) is 0 Å². The van der Waals surface area contributed by atoms with Crippen molar-refractivity contribution in [3.05, 3.63) is 0 Å². The number of carbonyl (C=O) groups is 2. The summed E-state index contributed by atoms with van der Waals surface area (Å²) in [5.41, 5.74) is -0.150. The SMILES string of the molecule is O=C(NCCCO)C1CCCN1C(=O)C12CC3CC(CC(C3)C1)C2. The lowest BCUT2D eigenvalue weighted by Gasteiger charge is -2.56. The van der Waals surface area contributed by atoms with Crippen LogP contribution in [0.25, 0.3) is 0 Å². The van der Waals surface area contributed by atoms with Gasteiger partial charge in [-0.2, -0.15) is 0 Å². The molecular weight excluding hydrogens is 304 g/mol. The van der Waals surface area contributed by atoms with E-state index >= 15 is 0 Å². The fourth-order valence-corrected chi connectivity index (χ4v) is 6.37. The van der Waals surface area contributed by atoms with Crippen LogP contribution in [0.2, 0.25) is 0 Å². The average molecular weight is 334 g/mol. The quantitative estimate of drug-likeness (QED) is 0.752. The van der Waals surface area contributed by atoms with E-state index in [0.29, 0.717) is 13.0 Å². The van der Waals surface area contributed by atoms with E-state index in [4.69, 9.17) is 5.11 Å². The molecule has 1 unspecified atom stereocenters. The van der Waals surface area contributed by atoms with Gasteiger partial charge in [0.2, 0.25) is 11.8 Å². The second-order valence-corrected chi connectivity index (χ2v) is 8.72. The van der Waals surface area contributed by atoms with E-state index in [0.717, 1.165) is 56.4 Å². The first-order valence-corrected chi connectivity index (χ1v) is 9.81. The molecule has 1 heterocycles. The van der Waals surface area contributed by atoms with Gasteiger partial charge < -0.3 is 15.3 Å². The highest BCUT2D eigenvalue weighted by molar-refractivity contribution is 5.91. The van der Waals surface area contributed by atoms with Crippen LogP contribution in [0.15, 0.2) is 0 Å². The second-order valence-electron chi connectivity index (χ2n) is 8.72. The van der Waals surface area contributed by atoms with Crippen molar-refractivity contribution in [3.8, 4) is 0 Å². The third-order valence-corrected chi connectivity index (χ3v) is 6.94. The molecule has 4 aliphatic carbocycles. The molecule has 5 aliphatic rings. The molecule has 0 radical (unpaired) electrons. The summed E-state index contributed by atoms with van der Waals surface area (Å²) in [6, 6.07) is -0.288. The van der Waals surface area contributed by atoms with Gasteiger partial charge in [-0.1, -0.05) is 0 Å². The lowest BCUT2D eigenvalue weighted by molar-refractivity contribution is -0.160. The van der Waals surface area contributed by atoms with Crippen molar-refractivity contribution in [1.29, 1.82) is 0 Å². The molecule has 0 aromatic rings. The molecule has 134 valence electrons. The topological polar surface area (TPSA) is 69.6 Å². The third-order valence-electron chi connectivity index (χ3n) is 6.94. The molecule has 4 saturated carbocycles. The van der Waals surface area contributed by atoms with Gasteiger partial charge in [-0.05, 0) is 75.5 Å². The van der Waals surface area contributed by atoms with Crippen LogP contribution in [0, 0.1) is 23.2 Å². The van der Waals surface area contributed by atoms with Crippen LogP contribution in [0.5, 0.6) is 0 Å². The highest BCUT2D eigenvalue weighted by atomic mass is 16.3. The van der Waals surface area contributed by atoms with Gasteiger partial charge >= 0.3 is 0 Å². The molecule has 5 rings (SSSR count). The highest BCUT2D eigenvalue weighted by Crippen LogP contribution is 2.60. The third kappa shape index (κ3) is 2.75. The maximum Gasteiger partial charge on any atom is 0.242 e. The first-order valence-electron chi connectivity index (χ1n) is 9.81. The van der Waals surface area contributed by atoms with Crippen LogP contribution < -0.4 is 5.32 Å². The second kappa shape index (κ2) is 6.32. The van der Waals surface area contributed by atoms with E-state index in [2.05, 4.69) is 5.32 Å². The van der Waals surface area contributed by atoms with Crippen molar-refractivity contribution in [2.24, 2.45) is 23.2 Å². The number of hydrogen-bond acceptors (Lipinski definition) is 3. The molecule has 2 amide bonds. The molecule has 0 aromatic heterocycles. The molecule has 0 spiro atoms. The Morgan fingerprint density at radius 1 is 1.08 bits per heavy atom. The van der Waals surface area contributed by atoms with Crippen LogP contribution in [-0.2, 0) is 9.59 Å². The number of aliphatic hydroxyl groups excluding tert-OH is 1. The summed E-state index contributed by atoms with van der Waals surface area (Å²) in [6.45, 7) is 1.31. The van der Waals surface area contributed by atoms with E-state index in [1.165, 1.54) is 19.3 Å². The Bertz CT molecular complexity index is 483. The largest absolute Gasteiger partial charge is 0.396 e. The Labute approximate surface area is 144 Å². The number of rotatable bonds is 5. The van der Waals surface area contributed by atoms with Crippen LogP contribution >= 0.6 is 0 Å². The van der Waals surface area contributed by atoms with Gasteiger partial charge in [0.1, 0.15) is 6.04 Å². The van der Waals surface area contributed by atoms with Crippen molar-refractivity contribution >= 4 is 11.8 Å². The number of nitrogens with one attached hydrogen (secondary N) is 1. The van der Waals surface area contributed by atoms with Crippen LogP contribution in [-0.4, -0.2) is 47.6 Å². The predicted octanol–water partition coefficient (Wildman–Crippen LogP) is 1.69. The fourth-order valence-electron chi connectivity index (χ4n) is 6.37. The fraction of sp³-hybridized carbons (Fsp3) is 0.895. The Balaban J connectivity index is 1.46. The van der Waals surface area contributed by atoms with E-state index in [1.54, 1.807) is 0 Å². The molecule has 1 atom stereocenters. The monoisotopic (exact) mass is 334 g/mol. The Morgan fingerprint density at radius 2 is 1.71 bits per heavy atom. The number of hydrogen-bond donors (Lipinski definition) is 2. The number of nitrogens with zero attached hydrogens (tertiary/aromatic N) is 1. The van der Waals surface area contributed by atoms with Crippen molar-refractivity contribution in [1.82, 2.24) is 10.2 Å². The zero-order chi connectivity index (χ0) is 16.7. The Hall–Kier alpha value is -1.10. The summed E-state index contributed by atoms with van der Waals surface area (Å²) in [5.74, 6) is 2.50. The maximum atomic E-state index is 13.4. The molecule has 5 heteroatoms. The molecule has 24 heavy (non-hydrogen) atoms. The molecule has 1 aliphatic heterocycles. The summed E-state index contributed by atoms with van der Waals surface area (Å²) in [6.07, 6.45) is 9.46. The van der Waals surface area contributed by atoms with Gasteiger partial charge in [-0.3, -0.25) is 9.59 Å². The molecule has 5 nitrogen and oxygen atoms in total. The zero-order valence-electron chi connectivity index (χ0n) is 14.5. The average Bonchev–Trinajstić information content (AvgIpc) is 3.02. The smallest absolute Gasteiger partial charge is 0.242 e. The van der Waals surface area contributed by atoms with Crippen LogP contribution in [0.4, 0.5) is 0 Å². The van der Waals surface area contributed by atoms with E-state index < -0.39 is 0 Å². The molecule has 4 bridgehead atoms. The normalized spacial score (nSPS) is 40.1. The van der Waals surface area contributed by atoms with Gasteiger partial charge in [0.15, 0.2) is 0 Å². The Kier molecular flexibility index (Phi) is 4.31. The predicted molar refractivity (Wildman–Crippen MR) is 90.1 cm³/mol.